The molecule has 1 aromatic heterocycles. The highest BCUT2D eigenvalue weighted by atomic mass is 32.2. The van der Waals surface area contributed by atoms with Crippen molar-refractivity contribution in [1.29, 1.82) is 0 Å². The number of fused-ring (bicyclic) bond motifs is 2. The van der Waals surface area contributed by atoms with Gasteiger partial charge in [-0.2, -0.15) is 0 Å². The van der Waals surface area contributed by atoms with Crippen LogP contribution in [0.1, 0.15) is 0 Å². The summed E-state index contributed by atoms with van der Waals surface area (Å²) in [6.07, 6.45) is 0. The molecule has 0 saturated heterocycles. The quantitative estimate of drug-likeness (QED) is 0.334. The molecular weight excluding hydrogens is 454 g/mol. The van der Waals surface area contributed by atoms with Crippen LogP contribution in [0.4, 0.5) is 5.69 Å². The lowest BCUT2D eigenvalue weighted by molar-refractivity contribution is -0.113. The van der Waals surface area contributed by atoms with Gasteiger partial charge in [0.1, 0.15) is 19.0 Å². The lowest BCUT2D eigenvalue weighted by Crippen LogP contribution is -2.23. The number of carbonyl (C=O) groups is 1. The Balaban J connectivity index is 1.41. The van der Waals surface area contributed by atoms with E-state index >= 15 is 0 Å². The predicted molar refractivity (Wildman–Crippen MR) is 131 cm³/mol. The zero-order valence-electron chi connectivity index (χ0n) is 18.3. The third-order valence-corrected chi connectivity index (χ3v) is 6.17. The van der Waals surface area contributed by atoms with Crippen molar-refractivity contribution in [3.8, 4) is 22.9 Å². The minimum atomic E-state index is -0.231. The van der Waals surface area contributed by atoms with Gasteiger partial charge in [0.05, 0.1) is 29.5 Å². The van der Waals surface area contributed by atoms with E-state index in [0.717, 1.165) is 0 Å². The first-order valence-corrected chi connectivity index (χ1v) is 11.6. The van der Waals surface area contributed by atoms with Crippen molar-refractivity contribution in [3.05, 3.63) is 77.1 Å². The number of anilines is 1. The van der Waals surface area contributed by atoms with Gasteiger partial charge in [0.15, 0.2) is 16.7 Å². The van der Waals surface area contributed by atoms with Crippen molar-refractivity contribution in [1.82, 2.24) is 9.55 Å². The maximum Gasteiger partial charge on any atom is 0.266 e. The van der Waals surface area contributed by atoms with Gasteiger partial charge in [-0.25, -0.2) is 4.98 Å². The van der Waals surface area contributed by atoms with E-state index in [1.54, 1.807) is 67.8 Å². The molecule has 0 fully saturated rings. The van der Waals surface area contributed by atoms with Crippen LogP contribution < -0.4 is 25.1 Å². The average Bonchev–Trinajstić information content (AvgIpc) is 2.88. The van der Waals surface area contributed by atoms with Gasteiger partial charge >= 0.3 is 0 Å². The standard InChI is InChI=1S/C25H21N3O5S/c1-31-18-9-7-17(8-10-18)28-24(30)19-4-2-3-5-20(19)27-25(28)34-15-23(29)26-16-6-11-21-22(14-16)33-13-12-32-21/h2-11,14H,12-13,15H2,1H3,(H,26,29). The number of thioether (sulfide) groups is 1. The minimum absolute atomic E-state index is 0.0649. The second-order valence-corrected chi connectivity index (χ2v) is 8.39. The number of ether oxygens (including phenoxy) is 3. The average molecular weight is 476 g/mol. The molecule has 8 nitrogen and oxygen atoms in total. The zero-order valence-corrected chi connectivity index (χ0v) is 19.1. The first kappa shape index (κ1) is 21.8. The molecular formula is C25H21N3O5S. The van der Waals surface area contributed by atoms with Gasteiger partial charge in [-0.3, -0.25) is 14.2 Å². The summed E-state index contributed by atoms with van der Waals surface area (Å²) in [5.74, 6) is 1.77. The van der Waals surface area contributed by atoms with Crippen LogP contribution in [0.5, 0.6) is 17.2 Å². The smallest absolute Gasteiger partial charge is 0.266 e. The van der Waals surface area contributed by atoms with Crippen molar-refractivity contribution >= 4 is 34.3 Å². The van der Waals surface area contributed by atoms with Crippen LogP contribution in [0.15, 0.2) is 76.7 Å². The number of methoxy groups -OCH3 is 1. The SMILES string of the molecule is COc1ccc(-n2c(SCC(=O)Nc3ccc4c(c3)OCCO4)nc3ccccc3c2=O)cc1. The van der Waals surface area contributed by atoms with E-state index in [1.165, 1.54) is 16.3 Å². The van der Waals surface area contributed by atoms with E-state index in [4.69, 9.17) is 14.2 Å². The molecule has 9 heteroatoms. The highest BCUT2D eigenvalue weighted by molar-refractivity contribution is 7.99. The molecule has 172 valence electrons. The third-order valence-electron chi connectivity index (χ3n) is 5.23. The molecule has 34 heavy (non-hydrogen) atoms. The van der Waals surface area contributed by atoms with Gasteiger partial charge in [-0.15, -0.1) is 0 Å². The largest absolute Gasteiger partial charge is 0.497 e. The van der Waals surface area contributed by atoms with Gasteiger partial charge in [-0.1, -0.05) is 23.9 Å². The maximum atomic E-state index is 13.3. The topological polar surface area (TPSA) is 91.7 Å². The first-order chi connectivity index (χ1) is 16.6. The van der Waals surface area contributed by atoms with Crippen LogP contribution in [-0.4, -0.2) is 41.5 Å². The van der Waals surface area contributed by atoms with Crippen LogP contribution in [0.2, 0.25) is 0 Å². The lowest BCUT2D eigenvalue weighted by Gasteiger charge is -2.19. The summed E-state index contributed by atoms with van der Waals surface area (Å²) in [6, 6.07) is 19.6. The second-order valence-electron chi connectivity index (χ2n) is 7.45. The molecule has 0 bridgehead atoms. The van der Waals surface area contributed by atoms with Crippen molar-refractivity contribution in [3.63, 3.8) is 0 Å². The van der Waals surface area contributed by atoms with Crippen molar-refractivity contribution in [2.24, 2.45) is 0 Å². The Morgan fingerprint density at radius 2 is 1.82 bits per heavy atom. The highest BCUT2D eigenvalue weighted by Gasteiger charge is 2.16. The van der Waals surface area contributed by atoms with E-state index in [2.05, 4.69) is 10.3 Å². The van der Waals surface area contributed by atoms with Crippen LogP contribution in [-0.2, 0) is 4.79 Å². The maximum absolute atomic E-state index is 13.3. The molecule has 1 aliphatic heterocycles. The number of amides is 1. The van der Waals surface area contributed by atoms with Crippen LogP contribution >= 0.6 is 11.8 Å². The van der Waals surface area contributed by atoms with Gasteiger partial charge in [-0.05, 0) is 48.5 Å². The summed E-state index contributed by atoms with van der Waals surface area (Å²) in [5.41, 5.74) is 1.62. The fourth-order valence-corrected chi connectivity index (χ4v) is 4.43. The lowest BCUT2D eigenvalue weighted by atomic mass is 10.2. The summed E-state index contributed by atoms with van der Waals surface area (Å²) in [4.78, 5) is 30.7. The Bertz CT molecular complexity index is 1420. The number of benzene rings is 3. The number of para-hydroxylation sites is 1. The molecule has 0 saturated carbocycles. The number of carbonyl (C=O) groups excluding carboxylic acids is 1. The van der Waals surface area contributed by atoms with E-state index in [9.17, 15) is 9.59 Å². The van der Waals surface area contributed by atoms with Crippen LogP contribution in [0.3, 0.4) is 0 Å². The molecule has 2 heterocycles. The first-order valence-electron chi connectivity index (χ1n) is 10.6. The van der Waals surface area contributed by atoms with Gasteiger partial charge in [0, 0.05) is 11.8 Å². The van der Waals surface area contributed by atoms with Crippen molar-refractivity contribution < 1.29 is 19.0 Å². The van der Waals surface area contributed by atoms with Gasteiger partial charge in [0.2, 0.25) is 5.91 Å². The Morgan fingerprint density at radius 3 is 2.62 bits per heavy atom. The Hall–Kier alpha value is -3.98. The van der Waals surface area contributed by atoms with Crippen molar-refractivity contribution in [2.75, 3.05) is 31.4 Å². The predicted octanol–water partition coefficient (Wildman–Crippen LogP) is 3.90. The summed E-state index contributed by atoms with van der Waals surface area (Å²) < 4.78 is 17.8. The van der Waals surface area contributed by atoms with Crippen molar-refractivity contribution in [2.45, 2.75) is 5.16 Å². The highest BCUT2D eigenvalue weighted by Crippen LogP contribution is 2.32. The van der Waals surface area contributed by atoms with E-state index in [0.29, 0.717) is 57.9 Å². The molecule has 3 aromatic carbocycles. The molecule has 5 rings (SSSR count). The molecule has 0 aliphatic carbocycles. The van der Waals surface area contributed by atoms with E-state index < -0.39 is 0 Å². The molecule has 1 amide bonds. The Morgan fingerprint density at radius 1 is 1.06 bits per heavy atom. The molecule has 0 spiro atoms. The summed E-state index contributed by atoms with van der Waals surface area (Å²) in [6.45, 7) is 0.973. The van der Waals surface area contributed by atoms with Gasteiger partial charge < -0.3 is 19.5 Å². The fourth-order valence-electron chi connectivity index (χ4n) is 3.62. The monoisotopic (exact) mass is 475 g/mol. The Labute approximate surface area is 199 Å². The number of hydrogen-bond acceptors (Lipinski definition) is 7. The number of aromatic nitrogens is 2. The fraction of sp³-hybridized carbons (Fsp3) is 0.160. The van der Waals surface area contributed by atoms with E-state index in [1.807, 2.05) is 6.07 Å². The number of nitrogens with one attached hydrogen (secondary N) is 1. The molecule has 0 radical (unpaired) electrons. The van der Waals surface area contributed by atoms with Crippen LogP contribution in [0, 0.1) is 0 Å². The summed E-state index contributed by atoms with van der Waals surface area (Å²) in [5, 5.41) is 3.79. The molecule has 1 aliphatic rings. The molecule has 0 atom stereocenters. The second kappa shape index (κ2) is 9.48. The molecule has 0 unspecified atom stereocenters. The number of rotatable bonds is 6. The van der Waals surface area contributed by atoms with Gasteiger partial charge in [0.25, 0.3) is 5.56 Å². The molecule has 1 N–H and O–H groups in total. The summed E-state index contributed by atoms with van der Waals surface area (Å²) in [7, 11) is 1.58. The molecule has 4 aromatic rings. The van der Waals surface area contributed by atoms with E-state index in [-0.39, 0.29) is 17.2 Å². The number of hydrogen-bond donors (Lipinski definition) is 1. The minimum Gasteiger partial charge on any atom is -0.497 e. The van der Waals surface area contributed by atoms with Crippen LogP contribution in [0.25, 0.3) is 16.6 Å². The zero-order chi connectivity index (χ0) is 23.5. The number of nitrogens with zero attached hydrogens (tertiary/aromatic N) is 2. The Kier molecular flexibility index (Phi) is 6.09. The summed E-state index contributed by atoms with van der Waals surface area (Å²) >= 11 is 1.19. The third kappa shape index (κ3) is 4.42. The normalized spacial score (nSPS) is 12.4.